The second kappa shape index (κ2) is 7.15. The van der Waals surface area contributed by atoms with Crippen molar-refractivity contribution in [2.45, 2.75) is 12.8 Å². The molecule has 128 valence electrons. The minimum absolute atomic E-state index is 0.531. The van der Waals surface area contributed by atoms with Gasteiger partial charge in [0.2, 0.25) is 5.95 Å². The number of ether oxygens (including phenoxy) is 1. The Morgan fingerprint density at radius 3 is 2.96 bits per heavy atom. The van der Waals surface area contributed by atoms with Gasteiger partial charge in [-0.2, -0.15) is 5.10 Å². The van der Waals surface area contributed by atoms with Gasteiger partial charge in [0, 0.05) is 25.8 Å². The maximum atomic E-state index is 5.32. The first kappa shape index (κ1) is 16.0. The lowest BCUT2D eigenvalue weighted by molar-refractivity contribution is 0.143. The Hall–Kier alpha value is -2.53. The molecular weight excluding hydrogens is 312 g/mol. The van der Waals surface area contributed by atoms with Crippen LogP contribution in [0.4, 0.5) is 5.95 Å². The highest BCUT2D eigenvalue weighted by atomic mass is 16.5. The zero-order chi connectivity index (χ0) is 17.1. The predicted octanol–water partition coefficient (Wildman–Crippen LogP) is 3.55. The van der Waals surface area contributed by atoms with E-state index in [9.17, 15) is 0 Å². The summed E-state index contributed by atoms with van der Waals surface area (Å²) in [6, 6.07) is 14.6. The third kappa shape index (κ3) is 3.33. The molecule has 1 aliphatic heterocycles. The lowest BCUT2D eigenvalue weighted by atomic mass is 9.99. The average Bonchev–Trinajstić information content (AvgIpc) is 2.68. The summed E-state index contributed by atoms with van der Waals surface area (Å²) in [6.07, 6.45) is 4.08. The third-order valence-corrected chi connectivity index (χ3v) is 4.82. The van der Waals surface area contributed by atoms with E-state index >= 15 is 0 Å². The van der Waals surface area contributed by atoms with Crippen LogP contribution in [-0.2, 0) is 4.74 Å². The SMILES string of the molecule is COCC1CCCN(c2nncc(-c3cccc4ccccc34)n2)C1. The summed E-state index contributed by atoms with van der Waals surface area (Å²) >= 11 is 0. The van der Waals surface area contributed by atoms with Crippen LogP contribution in [0.3, 0.4) is 0 Å². The number of hydrogen-bond donors (Lipinski definition) is 0. The quantitative estimate of drug-likeness (QED) is 0.730. The van der Waals surface area contributed by atoms with E-state index in [0.29, 0.717) is 11.9 Å². The van der Waals surface area contributed by atoms with Crippen molar-refractivity contribution >= 4 is 16.7 Å². The zero-order valence-corrected chi connectivity index (χ0v) is 14.4. The maximum absolute atomic E-state index is 5.32. The van der Waals surface area contributed by atoms with Crippen LogP contribution in [0.1, 0.15) is 12.8 Å². The second-order valence-corrected chi connectivity index (χ2v) is 6.58. The molecule has 1 aromatic heterocycles. The van der Waals surface area contributed by atoms with E-state index in [0.717, 1.165) is 37.4 Å². The Balaban J connectivity index is 1.67. The number of aromatic nitrogens is 3. The summed E-state index contributed by atoms with van der Waals surface area (Å²) in [6.45, 7) is 2.68. The maximum Gasteiger partial charge on any atom is 0.245 e. The van der Waals surface area contributed by atoms with Crippen LogP contribution in [0.5, 0.6) is 0 Å². The molecule has 0 radical (unpaired) electrons. The van der Waals surface area contributed by atoms with E-state index in [-0.39, 0.29) is 0 Å². The van der Waals surface area contributed by atoms with Gasteiger partial charge in [-0.05, 0) is 29.5 Å². The summed E-state index contributed by atoms with van der Waals surface area (Å²) < 4.78 is 5.32. The fraction of sp³-hybridized carbons (Fsp3) is 0.350. The van der Waals surface area contributed by atoms with Gasteiger partial charge in [0.25, 0.3) is 0 Å². The van der Waals surface area contributed by atoms with Crippen LogP contribution in [-0.4, -0.2) is 42.0 Å². The van der Waals surface area contributed by atoms with Crippen molar-refractivity contribution < 1.29 is 4.74 Å². The molecule has 1 saturated heterocycles. The fourth-order valence-corrected chi connectivity index (χ4v) is 3.63. The van der Waals surface area contributed by atoms with E-state index in [1.807, 2.05) is 0 Å². The topological polar surface area (TPSA) is 51.1 Å². The molecule has 0 aliphatic carbocycles. The normalized spacial score (nSPS) is 17.8. The van der Waals surface area contributed by atoms with Gasteiger partial charge < -0.3 is 9.64 Å². The van der Waals surface area contributed by atoms with Crippen molar-refractivity contribution in [2.75, 3.05) is 31.7 Å². The van der Waals surface area contributed by atoms with E-state index in [4.69, 9.17) is 9.72 Å². The van der Waals surface area contributed by atoms with Crippen LogP contribution >= 0.6 is 0 Å². The molecule has 1 fully saturated rings. The number of hydrogen-bond acceptors (Lipinski definition) is 5. The molecule has 0 saturated carbocycles. The summed E-state index contributed by atoms with van der Waals surface area (Å²) in [5.74, 6) is 1.25. The Bertz CT molecular complexity index is 860. The molecule has 5 heteroatoms. The molecule has 0 bridgehead atoms. The highest BCUT2D eigenvalue weighted by Crippen LogP contribution is 2.28. The zero-order valence-electron chi connectivity index (χ0n) is 14.4. The van der Waals surface area contributed by atoms with Crippen molar-refractivity contribution in [3.63, 3.8) is 0 Å². The van der Waals surface area contributed by atoms with E-state index < -0.39 is 0 Å². The molecule has 1 aliphatic rings. The number of anilines is 1. The molecule has 0 spiro atoms. The van der Waals surface area contributed by atoms with Crippen LogP contribution in [0.15, 0.2) is 48.7 Å². The number of nitrogens with zero attached hydrogens (tertiary/aromatic N) is 4. The van der Waals surface area contributed by atoms with Crippen molar-refractivity contribution in [1.82, 2.24) is 15.2 Å². The van der Waals surface area contributed by atoms with Gasteiger partial charge in [0.15, 0.2) is 0 Å². The second-order valence-electron chi connectivity index (χ2n) is 6.58. The molecule has 1 unspecified atom stereocenters. The van der Waals surface area contributed by atoms with Crippen molar-refractivity contribution in [3.8, 4) is 11.3 Å². The van der Waals surface area contributed by atoms with Gasteiger partial charge in [-0.1, -0.05) is 42.5 Å². The number of fused-ring (bicyclic) bond motifs is 1. The van der Waals surface area contributed by atoms with Gasteiger partial charge in [0.1, 0.15) is 0 Å². The first-order chi connectivity index (χ1) is 12.3. The number of methoxy groups -OCH3 is 1. The van der Waals surface area contributed by atoms with Crippen molar-refractivity contribution in [2.24, 2.45) is 5.92 Å². The Morgan fingerprint density at radius 1 is 1.16 bits per heavy atom. The summed E-state index contributed by atoms with van der Waals surface area (Å²) in [5.41, 5.74) is 1.97. The highest BCUT2D eigenvalue weighted by molar-refractivity contribution is 5.95. The summed E-state index contributed by atoms with van der Waals surface area (Å²) in [4.78, 5) is 7.05. The molecule has 25 heavy (non-hydrogen) atoms. The van der Waals surface area contributed by atoms with Gasteiger partial charge in [-0.25, -0.2) is 4.98 Å². The van der Waals surface area contributed by atoms with Crippen LogP contribution in [0.2, 0.25) is 0 Å². The number of benzene rings is 2. The molecule has 5 nitrogen and oxygen atoms in total. The van der Waals surface area contributed by atoms with Crippen molar-refractivity contribution in [3.05, 3.63) is 48.7 Å². The number of rotatable bonds is 4. The molecule has 1 atom stereocenters. The van der Waals surface area contributed by atoms with E-state index in [1.165, 1.54) is 17.2 Å². The Labute approximate surface area is 147 Å². The largest absolute Gasteiger partial charge is 0.384 e. The van der Waals surface area contributed by atoms with Crippen LogP contribution in [0, 0.1) is 5.92 Å². The standard InChI is InChI=1S/C20H22N4O/c1-25-14-15-6-5-11-24(13-15)20-22-19(12-21-23-20)18-10-4-8-16-7-2-3-9-17(16)18/h2-4,7-10,12,15H,5-6,11,13-14H2,1H3. The minimum Gasteiger partial charge on any atom is -0.384 e. The lowest BCUT2D eigenvalue weighted by Crippen LogP contribution is -2.38. The minimum atomic E-state index is 0.531. The van der Waals surface area contributed by atoms with Crippen LogP contribution in [0.25, 0.3) is 22.0 Å². The smallest absolute Gasteiger partial charge is 0.245 e. The number of piperidine rings is 1. The molecule has 0 amide bonds. The summed E-state index contributed by atoms with van der Waals surface area (Å²) in [5, 5.41) is 10.9. The van der Waals surface area contributed by atoms with Gasteiger partial charge in [-0.15, -0.1) is 5.10 Å². The molecule has 2 heterocycles. The third-order valence-electron chi connectivity index (χ3n) is 4.82. The molecular formula is C20H22N4O. The molecule has 4 rings (SSSR count). The van der Waals surface area contributed by atoms with Crippen LogP contribution < -0.4 is 4.90 Å². The average molecular weight is 334 g/mol. The van der Waals surface area contributed by atoms with Crippen molar-refractivity contribution in [1.29, 1.82) is 0 Å². The monoisotopic (exact) mass is 334 g/mol. The molecule has 2 aromatic carbocycles. The Morgan fingerprint density at radius 2 is 2.04 bits per heavy atom. The molecule has 0 N–H and O–H groups in total. The highest BCUT2D eigenvalue weighted by Gasteiger charge is 2.22. The van der Waals surface area contributed by atoms with Gasteiger partial charge >= 0.3 is 0 Å². The van der Waals surface area contributed by atoms with E-state index in [2.05, 4.69) is 57.6 Å². The lowest BCUT2D eigenvalue weighted by Gasteiger charge is -2.32. The van der Waals surface area contributed by atoms with Gasteiger partial charge in [-0.3, -0.25) is 0 Å². The fourth-order valence-electron chi connectivity index (χ4n) is 3.63. The first-order valence-electron chi connectivity index (χ1n) is 8.77. The Kier molecular flexibility index (Phi) is 4.57. The first-order valence-corrected chi connectivity index (χ1v) is 8.77. The van der Waals surface area contributed by atoms with E-state index in [1.54, 1.807) is 13.3 Å². The predicted molar refractivity (Wildman–Crippen MR) is 99.6 cm³/mol. The van der Waals surface area contributed by atoms with Gasteiger partial charge in [0.05, 0.1) is 18.5 Å². The molecule has 3 aromatic rings. The summed E-state index contributed by atoms with van der Waals surface area (Å²) in [7, 11) is 1.76.